The first-order valence-corrected chi connectivity index (χ1v) is 9.03. The van der Waals surface area contributed by atoms with Crippen LogP contribution in [0.4, 0.5) is 5.69 Å². The molecule has 0 spiro atoms. The van der Waals surface area contributed by atoms with Crippen LogP contribution < -0.4 is 5.32 Å². The van der Waals surface area contributed by atoms with Crippen molar-refractivity contribution >= 4 is 23.5 Å². The maximum Gasteiger partial charge on any atom is 0.323 e. The predicted molar refractivity (Wildman–Crippen MR) is 94.9 cm³/mol. The van der Waals surface area contributed by atoms with E-state index >= 15 is 0 Å². The van der Waals surface area contributed by atoms with Crippen molar-refractivity contribution in [2.24, 2.45) is 0 Å². The molecule has 0 aromatic heterocycles. The molecule has 1 fully saturated rings. The molecule has 3 rings (SSSR count). The molecule has 1 saturated heterocycles. The minimum absolute atomic E-state index is 0.00750. The normalized spacial score (nSPS) is 16.8. The van der Waals surface area contributed by atoms with Gasteiger partial charge in [0.2, 0.25) is 11.8 Å². The summed E-state index contributed by atoms with van der Waals surface area (Å²) in [5.74, 6) is -1.09. The number of hydrogen-bond acceptors (Lipinski definition) is 4. The molecule has 26 heavy (non-hydrogen) atoms. The zero-order valence-corrected chi connectivity index (χ0v) is 14.7. The van der Waals surface area contributed by atoms with Gasteiger partial charge in [0.05, 0.1) is 6.42 Å². The van der Waals surface area contributed by atoms with Crippen molar-refractivity contribution in [2.75, 3.05) is 25.1 Å². The number of carbonyl (C=O) groups is 3. The molecule has 0 saturated carbocycles. The number of hydrogen-bond donors (Lipinski definition) is 2. The molecule has 0 aliphatic carbocycles. The molecule has 1 aromatic carbocycles. The third-order valence-corrected chi connectivity index (χ3v) is 4.91. The summed E-state index contributed by atoms with van der Waals surface area (Å²) in [5, 5.41) is 11.9. The molecule has 2 aliphatic heterocycles. The Morgan fingerprint density at radius 3 is 2.77 bits per heavy atom. The average molecular weight is 360 g/mol. The number of amides is 2. The summed E-state index contributed by atoms with van der Waals surface area (Å²) in [6.45, 7) is 0.877. The second-order valence-electron chi connectivity index (χ2n) is 6.83. The molecular weight excluding hydrogens is 336 g/mol. The number of aryl methyl sites for hydroxylation is 1. The van der Waals surface area contributed by atoms with E-state index in [1.54, 1.807) is 0 Å². The summed E-state index contributed by atoms with van der Waals surface area (Å²) in [6, 6.07) is 5.81. The van der Waals surface area contributed by atoms with E-state index in [1.807, 2.05) is 18.2 Å². The summed E-state index contributed by atoms with van der Waals surface area (Å²) in [7, 11) is 0. The van der Waals surface area contributed by atoms with Crippen molar-refractivity contribution < 1.29 is 24.2 Å². The van der Waals surface area contributed by atoms with Crippen LogP contribution in [0.15, 0.2) is 18.2 Å². The molecule has 2 aliphatic rings. The third kappa shape index (κ3) is 4.60. The van der Waals surface area contributed by atoms with Gasteiger partial charge < -0.3 is 20.1 Å². The molecule has 2 heterocycles. The molecule has 2 N–H and O–H groups in total. The van der Waals surface area contributed by atoms with Crippen LogP contribution in [0.25, 0.3) is 0 Å². The molecule has 0 unspecified atom stereocenters. The van der Waals surface area contributed by atoms with E-state index in [0.29, 0.717) is 45.3 Å². The van der Waals surface area contributed by atoms with Crippen LogP contribution in [0.5, 0.6) is 0 Å². The van der Waals surface area contributed by atoms with Crippen LogP contribution in [0.2, 0.25) is 0 Å². The second-order valence-corrected chi connectivity index (χ2v) is 6.83. The van der Waals surface area contributed by atoms with Crippen molar-refractivity contribution in [1.82, 2.24) is 4.90 Å². The number of rotatable bonds is 7. The quantitative estimate of drug-likeness (QED) is 0.770. The molecule has 0 atom stereocenters. The second kappa shape index (κ2) is 8.31. The van der Waals surface area contributed by atoms with Gasteiger partial charge in [-0.25, -0.2) is 0 Å². The highest BCUT2D eigenvalue weighted by Crippen LogP contribution is 2.24. The lowest BCUT2D eigenvalue weighted by Crippen LogP contribution is -2.46. The number of nitrogens with one attached hydrogen (secondary N) is 1. The highest BCUT2D eigenvalue weighted by molar-refractivity contribution is 5.99. The fourth-order valence-corrected chi connectivity index (χ4v) is 3.59. The van der Waals surface area contributed by atoms with E-state index in [1.165, 1.54) is 4.90 Å². The van der Waals surface area contributed by atoms with Gasteiger partial charge in [0, 0.05) is 31.4 Å². The van der Waals surface area contributed by atoms with Gasteiger partial charge in [0.1, 0.15) is 6.54 Å². The van der Waals surface area contributed by atoms with Gasteiger partial charge in [-0.05, 0) is 42.9 Å². The van der Waals surface area contributed by atoms with Gasteiger partial charge >= 0.3 is 5.97 Å². The number of carboxylic acids is 1. The Bertz CT molecular complexity index is 697. The highest BCUT2D eigenvalue weighted by atomic mass is 16.5. The minimum Gasteiger partial charge on any atom is -0.480 e. The summed E-state index contributed by atoms with van der Waals surface area (Å²) < 4.78 is 5.30. The lowest BCUT2D eigenvalue weighted by molar-refractivity contribution is -0.147. The number of anilines is 1. The first kappa shape index (κ1) is 18.4. The van der Waals surface area contributed by atoms with Crippen molar-refractivity contribution in [2.45, 2.75) is 44.6 Å². The SMILES string of the molecule is O=C(O)CN(C(=O)CCCc1ccc2c(c1)CC(=O)N2)C1CCOCC1. The van der Waals surface area contributed by atoms with Crippen molar-refractivity contribution in [3.05, 3.63) is 29.3 Å². The fourth-order valence-electron chi connectivity index (χ4n) is 3.59. The molecule has 0 bridgehead atoms. The Labute approximate surface area is 152 Å². The van der Waals surface area contributed by atoms with Gasteiger partial charge in [-0.3, -0.25) is 14.4 Å². The number of carboxylic acid groups (broad SMARTS) is 1. The molecule has 140 valence electrons. The summed E-state index contributed by atoms with van der Waals surface area (Å²) in [6.07, 6.45) is 3.47. The zero-order valence-electron chi connectivity index (χ0n) is 14.7. The predicted octanol–water partition coefficient (Wildman–Crippen LogP) is 1.60. The van der Waals surface area contributed by atoms with E-state index in [-0.39, 0.29) is 24.4 Å². The number of ether oxygens (including phenoxy) is 1. The van der Waals surface area contributed by atoms with Gasteiger partial charge in [-0.1, -0.05) is 12.1 Å². The van der Waals surface area contributed by atoms with E-state index in [4.69, 9.17) is 9.84 Å². The highest BCUT2D eigenvalue weighted by Gasteiger charge is 2.27. The largest absolute Gasteiger partial charge is 0.480 e. The number of benzene rings is 1. The van der Waals surface area contributed by atoms with Crippen LogP contribution in [0.1, 0.15) is 36.8 Å². The maximum atomic E-state index is 12.6. The van der Waals surface area contributed by atoms with Crippen molar-refractivity contribution in [3.63, 3.8) is 0 Å². The van der Waals surface area contributed by atoms with Crippen LogP contribution in [0.3, 0.4) is 0 Å². The number of fused-ring (bicyclic) bond motifs is 1. The topological polar surface area (TPSA) is 95.9 Å². The van der Waals surface area contributed by atoms with Gasteiger partial charge in [-0.2, -0.15) is 0 Å². The lowest BCUT2D eigenvalue weighted by Gasteiger charge is -2.33. The van der Waals surface area contributed by atoms with Gasteiger partial charge in [-0.15, -0.1) is 0 Å². The van der Waals surface area contributed by atoms with E-state index < -0.39 is 5.97 Å². The monoisotopic (exact) mass is 360 g/mol. The van der Waals surface area contributed by atoms with Crippen molar-refractivity contribution in [3.8, 4) is 0 Å². The minimum atomic E-state index is -0.986. The molecule has 2 amide bonds. The van der Waals surface area contributed by atoms with Crippen molar-refractivity contribution in [1.29, 1.82) is 0 Å². The molecule has 0 radical (unpaired) electrons. The lowest BCUT2D eigenvalue weighted by atomic mass is 10.0. The summed E-state index contributed by atoms with van der Waals surface area (Å²) in [5.41, 5.74) is 2.94. The Kier molecular flexibility index (Phi) is 5.88. The zero-order chi connectivity index (χ0) is 18.5. The van der Waals surface area contributed by atoms with E-state index in [9.17, 15) is 14.4 Å². The fraction of sp³-hybridized carbons (Fsp3) is 0.526. The Hall–Kier alpha value is -2.41. The van der Waals surface area contributed by atoms with Crippen LogP contribution in [-0.4, -0.2) is 53.6 Å². The number of aliphatic carboxylic acids is 1. The van der Waals surface area contributed by atoms with Crippen LogP contribution in [-0.2, 0) is 32.0 Å². The Morgan fingerprint density at radius 2 is 2.04 bits per heavy atom. The van der Waals surface area contributed by atoms with Gasteiger partial charge in [0.15, 0.2) is 0 Å². The molecule has 1 aromatic rings. The third-order valence-electron chi connectivity index (χ3n) is 4.91. The number of nitrogens with zero attached hydrogens (tertiary/aromatic N) is 1. The average Bonchev–Trinajstić information content (AvgIpc) is 2.99. The van der Waals surface area contributed by atoms with Gasteiger partial charge in [0.25, 0.3) is 0 Å². The first-order chi connectivity index (χ1) is 12.5. The molecular formula is C19H24N2O5. The Balaban J connectivity index is 1.53. The summed E-state index contributed by atoms with van der Waals surface area (Å²) in [4.78, 5) is 36.6. The maximum absolute atomic E-state index is 12.6. The van der Waals surface area contributed by atoms with E-state index in [2.05, 4.69) is 5.32 Å². The summed E-state index contributed by atoms with van der Waals surface area (Å²) >= 11 is 0. The standard InChI is InChI=1S/C19H24N2O5/c22-17-11-14-10-13(4-5-16(14)20-17)2-1-3-18(23)21(12-19(24)25)15-6-8-26-9-7-15/h4-5,10,15H,1-3,6-9,11-12H2,(H,20,22)(H,24,25). The Morgan fingerprint density at radius 1 is 1.27 bits per heavy atom. The molecule has 7 heteroatoms. The molecule has 7 nitrogen and oxygen atoms in total. The smallest absolute Gasteiger partial charge is 0.323 e. The van der Waals surface area contributed by atoms with Crippen LogP contribution >= 0.6 is 0 Å². The first-order valence-electron chi connectivity index (χ1n) is 9.03. The number of carbonyl (C=O) groups excluding carboxylic acids is 2. The van der Waals surface area contributed by atoms with E-state index in [0.717, 1.165) is 23.2 Å². The van der Waals surface area contributed by atoms with Crippen LogP contribution in [0, 0.1) is 0 Å².